The number of nitrogens with two attached hydrogens (primary N) is 1. The lowest BCUT2D eigenvalue weighted by Gasteiger charge is -2.14. The molecule has 0 aromatic heterocycles. The lowest BCUT2D eigenvalue weighted by Crippen LogP contribution is -2.15. The quantitative estimate of drug-likeness (QED) is 0.198. The summed E-state index contributed by atoms with van der Waals surface area (Å²) in [7, 11) is 0. The second-order valence-electron chi connectivity index (χ2n) is 6.87. The molecule has 33 heavy (non-hydrogen) atoms. The number of hydrogen-bond acceptors (Lipinski definition) is 7. The molecule has 0 aliphatic rings. The first kappa shape index (κ1) is 24.6. The minimum atomic E-state index is -0.794. The van der Waals surface area contributed by atoms with Crippen LogP contribution in [0.15, 0.2) is 53.4 Å². The predicted molar refractivity (Wildman–Crippen MR) is 128 cm³/mol. The molecule has 0 heterocycles. The molecule has 0 unspecified atom stereocenters. The van der Waals surface area contributed by atoms with Gasteiger partial charge in [0.15, 0.2) is 17.5 Å². The Balaban J connectivity index is 1.78. The molecule has 0 saturated carbocycles. The van der Waals surface area contributed by atoms with Gasteiger partial charge in [-0.25, -0.2) is 4.39 Å². The van der Waals surface area contributed by atoms with Gasteiger partial charge < -0.3 is 9.47 Å². The summed E-state index contributed by atoms with van der Waals surface area (Å²) in [4.78, 5) is 0.776. The fourth-order valence-electron chi connectivity index (χ4n) is 2.87. The van der Waals surface area contributed by atoms with E-state index in [9.17, 15) is 0 Å². The van der Waals surface area contributed by atoms with Crippen LogP contribution in [0.5, 0.6) is 11.5 Å². The lowest BCUT2D eigenvalue weighted by molar-refractivity contribution is 0.438. The Bertz CT molecular complexity index is 1290. The molecule has 0 fully saturated rings. The molecule has 3 aromatic carbocycles. The third-order valence-corrected chi connectivity index (χ3v) is 5.71. The van der Waals surface area contributed by atoms with Crippen LogP contribution in [0.1, 0.15) is 22.3 Å². The minimum Gasteiger partial charge on any atom is -0.453 e. The average Bonchev–Trinajstić information content (AvgIpc) is 2.78. The van der Waals surface area contributed by atoms with E-state index in [0.717, 1.165) is 22.4 Å². The highest BCUT2D eigenvalue weighted by molar-refractivity contribution is 7.97. The number of ether oxygens (including phenoxy) is 2. The van der Waals surface area contributed by atoms with Gasteiger partial charge in [-0.2, -0.15) is 5.26 Å². The molecular weight excluding hydrogens is 486 g/mol. The van der Waals surface area contributed by atoms with Crippen LogP contribution in [0.2, 0.25) is 10.0 Å². The first-order chi connectivity index (χ1) is 15.7. The Kier molecular flexibility index (Phi) is 7.95. The number of halogens is 3. The van der Waals surface area contributed by atoms with Gasteiger partial charge in [0.25, 0.3) is 0 Å². The van der Waals surface area contributed by atoms with Crippen LogP contribution in [0.3, 0.4) is 0 Å². The van der Waals surface area contributed by atoms with Gasteiger partial charge in [0, 0.05) is 21.0 Å². The third-order valence-electron chi connectivity index (χ3n) is 4.50. The molecule has 4 N–H and O–H groups in total. The first-order valence-corrected chi connectivity index (χ1v) is 11.0. The van der Waals surface area contributed by atoms with Crippen molar-refractivity contribution in [3.8, 4) is 17.6 Å². The first-order valence-electron chi connectivity index (χ1n) is 9.38. The number of rotatable bonds is 6. The highest BCUT2D eigenvalue weighted by atomic mass is 35.5. The zero-order valence-electron chi connectivity index (χ0n) is 17.2. The number of hydrogen-bond donors (Lipinski definition) is 3. The zero-order valence-corrected chi connectivity index (χ0v) is 19.5. The fourth-order valence-corrected chi connectivity index (χ4v) is 3.73. The molecule has 0 spiro atoms. The molecular formula is C23H17Cl2FN4O2S. The summed E-state index contributed by atoms with van der Waals surface area (Å²) in [6, 6.07) is 14.2. The Labute approximate surface area is 204 Å². The molecule has 3 aromatic rings. The highest BCUT2D eigenvalue weighted by Crippen LogP contribution is 2.35. The van der Waals surface area contributed by atoms with E-state index in [-0.39, 0.29) is 50.9 Å². The standard InChI is InChI=1S/C23H17Cl2FN4O2S/c1-12-2-3-15(8-19(12)33-30)23(29)32-20(28)9-14-4-5-18(25)22(21(14)26)31-17-7-13(11-27)6-16(24)10-17/h2-8,10,28-29H,9,30H2,1H3. The Morgan fingerprint density at radius 1 is 1.15 bits per heavy atom. The molecule has 0 aliphatic carbocycles. The largest absolute Gasteiger partial charge is 0.453 e. The van der Waals surface area contributed by atoms with Crippen molar-refractivity contribution in [1.82, 2.24) is 0 Å². The summed E-state index contributed by atoms with van der Waals surface area (Å²) in [6.07, 6.45) is -0.245. The van der Waals surface area contributed by atoms with Crippen molar-refractivity contribution >= 4 is 46.9 Å². The van der Waals surface area contributed by atoms with Crippen molar-refractivity contribution in [3.05, 3.63) is 86.6 Å². The summed E-state index contributed by atoms with van der Waals surface area (Å²) in [5, 5.41) is 31.1. The molecule has 0 amide bonds. The van der Waals surface area contributed by atoms with Crippen LogP contribution in [0, 0.1) is 34.9 Å². The lowest BCUT2D eigenvalue weighted by atomic mass is 10.1. The molecule has 6 nitrogen and oxygen atoms in total. The summed E-state index contributed by atoms with van der Waals surface area (Å²) >= 11 is 13.1. The molecule has 0 bridgehead atoms. The maximum absolute atomic E-state index is 15.1. The van der Waals surface area contributed by atoms with E-state index in [2.05, 4.69) is 0 Å². The second kappa shape index (κ2) is 10.7. The van der Waals surface area contributed by atoms with E-state index in [1.807, 2.05) is 13.0 Å². The predicted octanol–water partition coefficient (Wildman–Crippen LogP) is 6.63. The zero-order chi connectivity index (χ0) is 24.1. The molecule has 0 radical (unpaired) electrons. The number of nitriles is 1. The van der Waals surface area contributed by atoms with E-state index in [0.29, 0.717) is 5.56 Å². The van der Waals surface area contributed by atoms with Crippen molar-refractivity contribution < 1.29 is 13.9 Å². The Morgan fingerprint density at radius 3 is 2.61 bits per heavy atom. The summed E-state index contributed by atoms with van der Waals surface area (Å²) in [5.41, 5.74) is 1.71. The number of nitrogens with one attached hydrogen (secondary N) is 2. The minimum absolute atomic E-state index is 0.00129. The summed E-state index contributed by atoms with van der Waals surface area (Å²) in [5.74, 6) is -1.53. The number of nitrogens with zero attached hydrogens (tertiary/aromatic N) is 1. The van der Waals surface area contributed by atoms with E-state index < -0.39 is 5.82 Å². The second-order valence-corrected chi connectivity index (χ2v) is 8.39. The van der Waals surface area contributed by atoms with Crippen LogP contribution in [-0.4, -0.2) is 11.8 Å². The average molecular weight is 503 g/mol. The monoisotopic (exact) mass is 502 g/mol. The summed E-state index contributed by atoms with van der Waals surface area (Å²) < 4.78 is 26.0. The highest BCUT2D eigenvalue weighted by Gasteiger charge is 2.18. The molecule has 0 atom stereocenters. The number of aryl methyl sites for hydroxylation is 1. The van der Waals surface area contributed by atoms with E-state index in [1.165, 1.54) is 30.3 Å². The maximum atomic E-state index is 15.1. The van der Waals surface area contributed by atoms with E-state index in [4.69, 9.17) is 53.9 Å². The van der Waals surface area contributed by atoms with Crippen LogP contribution in [0.25, 0.3) is 0 Å². The van der Waals surface area contributed by atoms with E-state index >= 15 is 4.39 Å². The summed E-state index contributed by atoms with van der Waals surface area (Å²) in [6.45, 7) is 1.89. The van der Waals surface area contributed by atoms with Gasteiger partial charge in [-0.15, -0.1) is 0 Å². The Hall–Kier alpha value is -3.09. The van der Waals surface area contributed by atoms with Crippen molar-refractivity contribution in [2.24, 2.45) is 5.14 Å². The van der Waals surface area contributed by atoms with Crippen LogP contribution < -0.4 is 9.88 Å². The van der Waals surface area contributed by atoms with Crippen molar-refractivity contribution in [2.45, 2.75) is 18.2 Å². The van der Waals surface area contributed by atoms with E-state index in [1.54, 1.807) is 18.2 Å². The van der Waals surface area contributed by atoms with Gasteiger partial charge in [0.05, 0.1) is 23.1 Å². The Morgan fingerprint density at radius 2 is 1.91 bits per heavy atom. The van der Waals surface area contributed by atoms with Gasteiger partial charge >= 0.3 is 0 Å². The SMILES string of the molecule is Cc1ccc(C(=N)OC(=N)Cc2ccc(Cl)c(Oc3cc(Cl)cc(C#N)c3)c2F)cc1SN. The van der Waals surface area contributed by atoms with Crippen molar-refractivity contribution in [2.75, 3.05) is 0 Å². The van der Waals surface area contributed by atoms with Crippen molar-refractivity contribution in [1.29, 1.82) is 16.1 Å². The van der Waals surface area contributed by atoms with Gasteiger partial charge in [-0.3, -0.25) is 16.0 Å². The fraction of sp³-hybridized carbons (Fsp3) is 0.0870. The smallest absolute Gasteiger partial charge is 0.220 e. The maximum Gasteiger partial charge on any atom is 0.220 e. The molecule has 3 rings (SSSR count). The van der Waals surface area contributed by atoms with Gasteiger partial charge in [0.2, 0.25) is 5.90 Å². The normalized spacial score (nSPS) is 10.4. The van der Waals surface area contributed by atoms with Crippen LogP contribution in [0.4, 0.5) is 4.39 Å². The third kappa shape index (κ3) is 6.03. The number of benzene rings is 3. The van der Waals surface area contributed by atoms with Crippen molar-refractivity contribution in [3.63, 3.8) is 0 Å². The van der Waals surface area contributed by atoms with Gasteiger partial charge in [0.1, 0.15) is 5.75 Å². The molecule has 10 heteroatoms. The van der Waals surface area contributed by atoms with Gasteiger partial charge in [-0.05, 0) is 60.8 Å². The molecule has 168 valence electrons. The topological polar surface area (TPSA) is 116 Å². The van der Waals surface area contributed by atoms with Crippen LogP contribution >= 0.6 is 35.1 Å². The van der Waals surface area contributed by atoms with Gasteiger partial charge in [-0.1, -0.05) is 35.3 Å². The molecule has 0 saturated heterocycles. The van der Waals surface area contributed by atoms with Crippen LogP contribution in [-0.2, 0) is 11.2 Å². The molecule has 0 aliphatic heterocycles.